The smallest absolute Gasteiger partial charge is 0.237 e. The number of ether oxygens (including phenoxy) is 2. The maximum Gasteiger partial charge on any atom is 0.237 e. The maximum atomic E-state index is 14.4. The van der Waals surface area contributed by atoms with E-state index in [1.54, 1.807) is 32.4 Å². The van der Waals surface area contributed by atoms with Crippen LogP contribution in [0.5, 0.6) is 5.75 Å². The fourth-order valence-electron chi connectivity index (χ4n) is 3.30. The molecule has 176 valence electrons. The SMILES string of the molecule is COCCNC(=O)[C@@H](C)N(C)Cc1cc2c(Nc3cccc(Cl)c3F)ncnc2cc1OC. The van der Waals surface area contributed by atoms with Crippen LogP contribution in [0.2, 0.25) is 5.02 Å². The van der Waals surface area contributed by atoms with E-state index in [0.717, 1.165) is 5.56 Å². The summed E-state index contributed by atoms with van der Waals surface area (Å²) in [4.78, 5) is 22.9. The fraction of sp³-hybridized carbons (Fsp3) is 0.348. The number of rotatable bonds is 10. The van der Waals surface area contributed by atoms with Crippen LogP contribution in [0.25, 0.3) is 10.9 Å². The van der Waals surface area contributed by atoms with Crippen LogP contribution in [0.4, 0.5) is 15.9 Å². The number of hydrogen-bond acceptors (Lipinski definition) is 7. The molecule has 0 radical (unpaired) electrons. The van der Waals surface area contributed by atoms with Gasteiger partial charge >= 0.3 is 0 Å². The predicted octanol–water partition coefficient (Wildman–Crippen LogP) is 3.76. The van der Waals surface area contributed by atoms with Crippen molar-refractivity contribution in [2.24, 2.45) is 0 Å². The van der Waals surface area contributed by atoms with Gasteiger partial charge in [-0.1, -0.05) is 17.7 Å². The van der Waals surface area contributed by atoms with Crippen LogP contribution in [-0.4, -0.2) is 61.2 Å². The molecule has 0 aliphatic heterocycles. The summed E-state index contributed by atoms with van der Waals surface area (Å²) in [6, 6.07) is 8.00. The van der Waals surface area contributed by atoms with Gasteiger partial charge in [-0.2, -0.15) is 0 Å². The van der Waals surface area contributed by atoms with E-state index >= 15 is 0 Å². The van der Waals surface area contributed by atoms with Gasteiger partial charge in [0.05, 0.1) is 36.0 Å². The van der Waals surface area contributed by atoms with Gasteiger partial charge in [0.25, 0.3) is 0 Å². The number of carbonyl (C=O) groups is 1. The van der Waals surface area contributed by atoms with Crippen LogP contribution in [0.1, 0.15) is 12.5 Å². The molecule has 0 aliphatic carbocycles. The zero-order chi connectivity index (χ0) is 24.0. The number of hydrogen-bond donors (Lipinski definition) is 2. The minimum Gasteiger partial charge on any atom is -0.496 e. The topological polar surface area (TPSA) is 88.6 Å². The number of nitrogens with zero attached hydrogens (tertiary/aromatic N) is 3. The van der Waals surface area contributed by atoms with Crippen molar-refractivity contribution in [3.8, 4) is 5.75 Å². The van der Waals surface area contributed by atoms with Gasteiger partial charge in [-0.05, 0) is 32.2 Å². The van der Waals surface area contributed by atoms with E-state index in [2.05, 4.69) is 20.6 Å². The largest absolute Gasteiger partial charge is 0.496 e. The Bertz CT molecular complexity index is 1130. The number of nitrogens with one attached hydrogen (secondary N) is 2. The molecular formula is C23H27ClFN5O3. The number of carbonyl (C=O) groups excluding carboxylic acids is 1. The molecule has 1 heterocycles. The van der Waals surface area contributed by atoms with Crippen LogP contribution in [0, 0.1) is 5.82 Å². The van der Waals surface area contributed by atoms with Gasteiger partial charge in [0, 0.05) is 37.2 Å². The number of aromatic nitrogens is 2. The van der Waals surface area contributed by atoms with E-state index in [1.807, 2.05) is 24.9 Å². The average molecular weight is 476 g/mol. The van der Waals surface area contributed by atoms with Crippen LogP contribution in [0.15, 0.2) is 36.7 Å². The van der Waals surface area contributed by atoms with Crippen molar-refractivity contribution in [3.63, 3.8) is 0 Å². The third-order valence-electron chi connectivity index (χ3n) is 5.31. The van der Waals surface area contributed by atoms with Gasteiger partial charge in [-0.15, -0.1) is 0 Å². The summed E-state index contributed by atoms with van der Waals surface area (Å²) in [5, 5.41) is 6.54. The fourth-order valence-corrected chi connectivity index (χ4v) is 3.47. The van der Waals surface area contributed by atoms with Crippen molar-refractivity contribution in [2.45, 2.75) is 19.5 Å². The Balaban J connectivity index is 1.89. The van der Waals surface area contributed by atoms with E-state index in [9.17, 15) is 9.18 Å². The van der Waals surface area contributed by atoms with Crippen molar-refractivity contribution in [1.29, 1.82) is 0 Å². The van der Waals surface area contributed by atoms with Crippen molar-refractivity contribution in [2.75, 3.05) is 39.7 Å². The highest BCUT2D eigenvalue weighted by Crippen LogP contribution is 2.32. The number of halogens is 2. The Morgan fingerprint density at radius 1 is 1.27 bits per heavy atom. The zero-order valence-electron chi connectivity index (χ0n) is 19.0. The minimum absolute atomic E-state index is 0.0140. The third kappa shape index (κ3) is 5.87. The number of anilines is 2. The first-order chi connectivity index (χ1) is 15.8. The molecule has 0 spiro atoms. The highest BCUT2D eigenvalue weighted by atomic mass is 35.5. The minimum atomic E-state index is -0.562. The molecule has 0 bridgehead atoms. The summed E-state index contributed by atoms with van der Waals surface area (Å²) in [5.74, 6) is 0.391. The van der Waals surface area contributed by atoms with Gasteiger partial charge in [0.2, 0.25) is 5.91 Å². The Kier molecular flexibility index (Phi) is 8.37. The Morgan fingerprint density at radius 2 is 2.06 bits per heavy atom. The number of benzene rings is 2. The first-order valence-corrected chi connectivity index (χ1v) is 10.7. The lowest BCUT2D eigenvalue weighted by molar-refractivity contribution is -0.125. The molecule has 3 aromatic rings. The normalized spacial score (nSPS) is 12.1. The van der Waals surface area contributed by atoms with Crippen molar-refractivity contribution < 1.29 is 18.7 Å². The average Bonchev–Trinajstić information content (AvgIpc) is 2.81. The molecule has 0 saturated carbocycles. The van der Waals surface area contributed by atoms with Crippen LogP contribution in [-0.2, 0) is 16.1 Å². The lowest BCUT2D eigenvalue weighted by Crippen LogP contribution is -2.43. The number of fused-ring (bicyclic) bond motifs is 1. The summed E-state index contributed by atoms with van der Waals surface area (Å²) in [5.41, 5.74) is 1.66. The molecule has 2 aromatic carbocycles. The van der Waals surface area contributed by atoms with Crippen molar-refractivity contribution >= 4 is 39.9 Å². The molecule has 3 rings (SSSR count). The Labute approximate surface area is 197 Å². The van der Waals surface area contributed by atoms with E-state index < -0.39 is 5.82 Å². The zero-order valence-corrected chi connectivity index (χ0v) is 19.7. The highest BCUT2D eigenvalue weighted by molar-refractivity contribution is 6.31. The van der Waals surface area contributed by atoms with Crippen LogP contribution >= 0.6 is 11.6 Å². The van der Waals surface area contributed by atoms with Gasteiger partial charge in [-0.3, -0.25) is 9.69 Å². The summed E-state index contributed by atoms with van der Waals surface area (Å²) in [6.45, 7) is 3.15. The molecule has 0 saturated heterocycles. The maximum absolute atomic E-state index is 14.4. The van der Waals surface area contributed by atoms with E-state index in [0.29, 0.717) is 42.2 Å². The highest BCUT2D eigenvalue weighted by Gasteiger charge is 2.20. The Hall–Kier alpha value is -3.01. The van der Waals surface area contributed by atoms with E-state index in [1.165, 1.54) is 12.4 Å². The van der Waals surface area contributed by atoms with Gasteiger partial charge in [-0.25, -0.2) is 14.4 Å². The summed E-state index contributed by atoms with van der Waals surface area (Å²) in [6.07, 6.45) is 1.39. The monoisotopic (exact) mass is 475 g/mol. The summed E-state index contributed by atoms with van der Waals surface area (Å²) < 4.78 is 25.0. The predicted molar refractivity (Wildman–Crippen MR) is 127 cm³/mol. The first kappa shape index (κ1) is 24.6. The molecule has 1 aromatic heterocycles. The molecule has 1 amide bonds. The van der Waals surface area contributed by atoms with E-state index in [4.69, 9.17) is 21.1 Å². The molecule has 0 unspecified atom stereocenters. The van der Waals surface area contributed by atoms with Crippen molar-refractivity contribution in [1.82, 2.24) is 20.2 Å². The van der Waals surface area contributed by atoms with Crippen LogP contribution < -0.4 is 15.4 Å². The van der Waals surface area contributed by atoms with Gasteiger partial charge in [0.15, 0.2) is 5.82 Å². The van der Waals surface area contributed by atoms with Crippen LogP contribution in [0.3, 0.4) is 0 Å². The standard InChI is InChI=1S/C23H27ClFN5O3/c1-14(23(31)26-8-9-32-3)30(2)12-15-10-16-19(11-20(15)33-4)27-13-28-22(16)29-18-7-5-6-17(24)21(18)25/h5-7,10-11,13-14H,8-9,12H2,1-4H3,(H,26,31)(H,27,28,29)/t14-/m1/s1. The van der Waals surface area contributed by atoms with Crippen molar-refractivity contribution in [3.05, 3.63) is 53.1 Å². The third-order valence-corrected chi connectivity index (χ3v) is 5.60. The molecule has 0 aliphatic rings. The first-order valence-electron chi connectivity index (χ1n) is 10.3. The molecule has 10 heteroatoms. The quantitative estimate of drug-likeness (QED) is 0.431. The summed E-state index contributed by atoms with van der Waals surface area (Å²) >= 11 is 5.91. The molecule has 1 atom stereocenters. The second-order valence-corrected chi connectivity index (χ2v) is 7.91. The Morgan fingerprint density at radius 3 is 2.79 bits per heavy atom. The molecule has 0 fully saturated rings. The summed E-state index contributed by atoms with van der Waals surface area (Å²) in [7, 11) is 5.01. The van der Waals surface area contributed by atoms with E-state index in [-0.39, 0.29) is 22.7 Å². The molecular weight excluding hydrogens is 449 g/mol. The number of amides is 1. The lowest BCUT2D eigenvalue weighted by atomic mass is 10.1. The number of likely N-dealkylation sites (N-methyl/N-ethyl adjacent to an activating group) is 1. The second kappa shape index (κ2) is 11.2. The molecule has 33 heavy (non-hydrogen) atoms. The van der Waals surface area contributed by atoms with Gasteiger partial charge < -0.3 is 20.1 Å². The van der Waals surface area contributed by atoms with Gasteiger partial charge in [0.1, 0.15) is 17.9 Å². The lowest BCUT2D eigenvalue weighted by Gasteiger charge is -2.25. The number of methoxy groups -OCH3 is 2. The second-order valence-electron chi connectivity index (χ2n) is 7.50. The molecule has 8 nitrogen and oxygen atoms in total. The molecule has 2 N–H and O–H groups in total.